The zero-order valence-corrected chi connectivity index (χ0v) is 10.7. The first-order chi connectivity index (χ1) is 9.10. The summed E-state index contributed by atoms with van der Waals surface area (Å²) in [6.07, 6.45) is 1.83. The molecule has 0 bridgehead atoms. The Hall–Kier alpha value is -2.44. The summed E-state index contributed by atoms with van der Waals surface area (Å²) in [5.41, 5.74) is 0.383. The highest BCUT2D eigenvalue weighted by Crippen LogP contribution is 2.32. The number of pyridine rings is 1. The molecule has 1 aromatic heterocycles. The molecule has 0 aliphatic carbocycles. The normalized spacial score (nSPS) is 13.9. The molecule has 0 fully saturated rings. The molecule has 0 saturated carbocycles. The molecule has 19 heavy (non-hydrogen) atoms. The van der Waals surface area contributed by atoms with Gasteiger partial charge in [0.25, 0.3) is 0 Å². The molecule has 0 radical (unpaired) electrons. The van der Waals surface area contributed by atoms with Gasteiger partial charge in [-0.25, -0.2) is 9.99 Å². The second-order valence-electron chi connectivity index (χ2n) is 3.88. The fraction of sp³-hybridized carbons (Fsp3) is 0.333. The maximum Gasteiger partial charge on any atom is 0.319 e. The van der Waals surface area contributed by atoms with Crippen LogP contribution in [0.2, 0.25) is 0 Å². The van der Waals surface area contributed by atoms with E-state index in [2.05, 4.69) is 9.98 Å². The van der Waals surface area contributed by atoms with Crippen LogP contribution in [0.3, 0.4) is 0 Å². The lowest BCUT2D eigenvalue weighted by Gasteiger charge is -2.35. The molecule has 2 rings (SSSR count). The molecule has 7 nitrogen and oxygen atoms in total. The van der Waals surface area contributed by atoms with E-state index in [1.165, 1.54) is 6.20 Å². The predicted octanol–water partition coefficient (Wildman–Crippen LogP) is 1.54. The van der Waals surface area contributed by atoms with Crippen molar-refractivity contribution in [2.75, 3.05) is 5.01 Å². The van der Waals surface area contributed by atoms with Crippen molar-refractivity contribution in [3.05, 3.63) is 18.3 Å². The van der Waals surface area contributed by atoms with E-state index in [0.29, 0.717) is 5.69 Å². The molecule has 1 aromatic rings. The van der Waals surface area contributed by atoms with Gasteiger partial charge in [-0.05, 0) is 12.1 Å². The monoisotopic (exact) mass is 262 g/mol. The molecule has 1 aliphatic heterocycles. The fourth-order valence-electron chi connectivity index (χ4n) is 1.75. The van der Waals surface area contributed by atoms with Gasteiger partial charge in [0.2, 0.25) is 11.8 Å². The highest BCUT2D eigenvalue weighted by atomic mass is 16.3. The predicted molar refractivity (Wildman–Crippen MR) is 68.9 cm³/mol. The van der Waals surface area contributed by atoms with Crippen molar-refractivity contribution < 1.29 is 14.7 Å². The summed E-state index contributed by atoms with van der Waals surface area (Å²) in [7, 11) is 0. The molecule has 1 aliphatic rings. The third-order valence-electron chi connectivity index (χ3n) is 2.67. The van der Waals surface area contributed by atoms with Crippen LogP contribution in [0.5, 0.6) is 0 Å². The van der Waals surface area contributed by atoms with Crippen LogP contribution in [-0.2, 0) is 9.59 Å². The van der Waals surface area contributed by atoms with E-state index in [9.17, 15) is 14.7 Å². The second-order valence-corrected chi connectivity index (χ2v) is 3.88. The molecule has 0 atom stereocenters. The molecule has 0 spiro atoms. The summed E-state index contributed by atoms with van der Waals surface area (Å²) in [6, 6.07) is 2.73. The van der Waals surface area contributed by atoms with E-state index in [-0.39, 0.29) is 24.6 Å². The summed E-state index contributed by atoms with van der Waals surface area (Å²) in [5, 5.41) is 11.9. The van der Waals surface area contributed by atoms with Gasteiger partial charge in [-0.3, -0.25) is 9.59 Å². The first kappa shape index (κ1) is 13.0. The van der Waals surface area contributed by atoms with Crippen molar-refractivity contribution in [2.24, 2.45) is 4.99 Å². The zero-order valence-electron chi connectivity index (χ0n) is 10.7. The second kappa shape index (κ2) is 5.05. The van der Waals surface area contributed by atoms with Gasteiger partial charge in [0.1, 0.15) is 5.69 Å². The molecule has 1 N–H and O–H groups in total. The van der Waals surface area contributed by atoms with Crippen molar-refractivity contribution in [2.45, 2.75) is 26.7 Å². The van der Waals surface area contributed by atoms with E-state index < -0.39 is 11.9 Å². The minimum absolute atomic E-state index is 0.142. The number of carbonyl (C=O) groups is 2. The van der Waals surface area contributed by atoms with Gasteiger partial charge in [0, 0.05) is 19.0 Å². The minimum atomic E-state index is -0.542. The standard InChI is InChI=1S/C12H14N4O3/c1-3-9(17)15-8-6-5-7-13-11(8)14-12(19)16(15)10(18)4-2/h5-7H,3-4H2,1-2H3,(H,13,14,19). The maximum absolute atomic E-state index is 12.0. The Morgan fingerprint density at radius 1 is 1.21 bits per heavy atom. The SMILES string of the molecule is CCC(=O)N1C(O)=Nc2ncccc2N1C(=O)CC. The Morgan fingerprint density at radius 2 is 1.84 bits per heavy atom. The van der Waals surface area contributed by atoms with Crippen LogP contribution in [0.4, 0.5) is 11.5 Å². The molecule has 0 aromatic carbocycles. The smallest absolute Gasteiger partial charge is 0.319 e. The molecular weight excluding hydrogens is 248 g/mol. The number of carbonyl (C=O) groups excluding carboxylic acids is 2. The topological polar surface area (TPSA) is 86.1 Å². The van der Waals surface area contributed by atoms with Gasteiger partial charge in [-0.1, -0.05) is 13.8 Å². The van der Waals surface area contributed by atoms with Crippen LogP contribution >= 0.6 is 0 Å². The number of rotatable bonds is 2. The van der Waals surface area contributed by atoms with Crippen LogP contribution in [0.15, 0.2) is 23.3 Å². The Bertz CT molecular complexity index is 556. The number of aliphatic hydroxyl groups excluding tert-OH is 1. The summed E-state index contributed by atoms with van der Waals surface area (Å²) in [4.78, 5) is 31.7. The molecule has 7 heteroatoms. The summed E-state index contributed by atoms with van der Waals surface area (Å²) in [6.45, 7) is 3.32. The number of aliphatic imine (C=N–C) groups is 1. The Kier molecular flexibility index (Phi) is 3.46. The Labute approximate surface area is 110 Å². The third kappa shape index (κ3) is 2.14. The average molecular weight is 262 g/mol. The lowest BCUT2D eigenvalue weighted by Crippen LogP contribution is -2.54. The third-order valence-corrected chi connectivity index (χ3v) is 2.67. The van der Waals surface area contributed by atoms with Crippen molar-refractivity contribution >= 4 is 29.3 Å². The van der Waals surface area contributed by atoms with Crippen molar-refractivity contribution in [1.82, 2.24) is 9.99 Å². The maximum atomic E-state index is 12.0. The summed E-state index contributed by atoms with van der Waals surface area (Å²) >= 11 is 0. The highest BCUT2D eigenvalue weighted by Gasteiger charge is 2.35. The lowest BCUT2D eigenvalue weighted by molar-refractivity contribution is -0.133. The van der Waals surface area contributed by atoms with E-state index in [1.54, 1.807) is 26.0 Å². The minimum Gasteiger partial charge on any atom is -0.479 e. The largest absolute Gasteiger partial charge is 0.479 e. The van der Waals surface area contributed by atoms with Crippen LogP contribution in [-0.4, -0.2) is 32.9 Å². The first-order valence-electron chi connectivity index (χ1n) is 5.98. The lowest BCUT2D eigenvalue weighted by atomic mass is 10.3. The summed E-state index contributed by atoms with van der Waals surface area (Å²) < 4.78 is 0. The highest BCUT2D eigenvalue weighted by molar-refractivity contribution is 6.07. The number of hydrazine groups is 1. The average Bonchev–Trinajstić information content (AvgIpc) is 2.44. The van der Waals surface area contributed by atoms with E-state index in [1.807, 2.05) is 0 Å². The number of aliphatic hydroxyl groups is 1. The zero-order chi connectivity index (χ0) is 14.0. The molecule has 0 saturated heterocycles. The van der Waals surface area contributed by atoms with Crippen molar-refractivity contribution in [1.29, 1.82) is 0 Å². The van der Waals surface area contributed by atoms with Crippen LogP contribution < -0.4 is 5.01 Å². The number of anilines is 1. The van der Waals surface area contributed by atoms with Crippen LogP contribution in [0.1, 0.15) is 26.7 Å². The number of aromatic nitrogens is 1. The van der Waals surface area contributed by atoms with Gasteiger partial charge < -0.3 is 5.11 Å². The Morgan fingerprint density at radius 3 is 2.47 bits per heavy atom. The number of hydrogen-bond donors (Lipinski definition) is 1. The van der Waals surface area contributed by atoms with Crippen LogP contribution in [0.25, 0.3) is 0 Å². The molecule has 2 heterocycles. The van der Waals surface area contributed by atoms with E-state index >= 15 is 0 Å². The van der Waals surface area contributed by atoms with Crippen LogP contribution in [0, 0.1) is 0 Å². The quantitative estimate of drug-likeness (QED) is 0.875. The number of fused-ring (bicyclic) bond motifs is 1. The number of hydrogen-bond acceptors (Lipinski definition) is 4. The first-order valence-corrected chi connectivity index (χ1v) is 5.98. The summed E-state index contributed by atoms with van der Waals surface area (Å²) in [5.74, 6) is -0.531. The molecule has 0 unspecified atom stereocenters. The molecular formula is C12H14N4O3. The van der Waals surface area contributed by atoms with Crippen molar-refractivity contribution in [3.8, 4) is 0 Å². The number of amides is 2. The van der Waals surface area contributed by atoms with E-state index in [0.717, 1.165) is 10.0 Å². The number of amidine groups is 1. The van der Waals surface area contributed by atoms with Gasteiger partial charge in [-0.2, -0.15) is 10.0 Å². The molecule has 2 amide bonds. The number of nitrogens with zero attached hydrogens (tertiary/aromatic N) is 4. The van der Waals surface area contributed by atoms with Gasteiger partial charge in [-0.15, -0.1) is 0 Å². The Balaban J connectivity index is 2.57. The fourth-order valence-corrected chi connectivity index (χ4v) is 1.75. The van der Waals surface area contributed by atoms with Gasteiger partial charge >= 0.3 is 6.02 Å². The van der Waals surface area contributed by atoms with Crippen molar-refractivity contribution in [3.63, 3.8) is 0 Å². The van der Waals surface area contributed by atoms with Gasteiger partial charge in [0.05, 0.1) is 0 Å². The van der Waals surface area contributed by atoms with E-state index in [4.69, 9.17) is 0 Å². The molecule has 100 valence electrons. The van der Waals surface area contributed by atoms with Gasteiger partial charge in [0.15, 0.2) is 5.82 Å².